The Morgan fingerprint density at radius 1 is 1.21 bits per heavy atom. The number of piperidine rings is 1. The normalized spacial score (nSPS) is 21.9. The SMILES string of the molecule is CC(C)c1cc2c(cc1CC1CCCCN1)OCO2. The van der Waals surface area contributed by atoms with Gasteiger partial charge < -0.3 is 14.8 Å². The molecule has 104 valence electrons. The summed E-state index contributed by atoms with van der Waals surface area (Å²) in [6, 6.07) is 4.98. The molecule has 1 saturated heterocycles. The Bertz CT molecular complexity index is 450. The molecule has 2 aliphatic rings. The van der Waals surface area contributed by atoms with Gasteiger partial charge in [0.15, 0.2) is 11.5 Å². The first kappa shape index (κ1) is 12.8. The highest BCUT2D eigenvalue weighted by atomic mass is 16.7. The Labute approximate surface area is 115 Å². The van der Waals surface area contributed by atoms with E-state index in [2.05, 4.69) is 31.3 Å². The molecule has 0 spiro atoms. The molecule has 0 amide bonds. The zero-order valence-electron chi connectivity index (χ0n) is 11.9. The lowest BCUT2D eigenvalue weighted by Gasteiger charge is -2.25. The average Bonchev–Trinajstić information content (AvgIpc) is 2.86. The summed E-state index contributed by atoms with van der Waals surface area (Å²) < 4.78 is 11.0. The minimum Gasteiger partial charge on any atom is -0.454 e. The highest BCUT2D eigenvalue weighted by Gasteiger charge is 2.21. The second kappa shape index (κ2) is 5.41. The topological polar surface area (TPSA) is 30.5 Å². The summed E-state index contributed by atoms with van der Waals surface area (Å²) in [4.78, 5) is 0. The fraction of sp³-hybridized carbons (Fsp3) is 0.625. The number of nitrogens with one attached hydrogen (secondary N) is 1. The fourth-order valence-corrected chi connectivity index (χ4v) is 3.08. The van der Waals surface area contributed by atoms with Crippen LogP contribution in [0.4, 0.5) is 0 Å². The quantitative estimate of drug-likeness (QED) is 0.906. The van der Waals surface area contributed by atoms with Crippen LogP contribution < -0.4 is 14.8 Å². The van der Waals surface area contributed by atoms with Crippen molar-refractivity contribution in [2.75, 3.05) is 13.3 Å². The van der Waals surface area contributed by atoms with Crippen molar-refractivity contribution in [1.82, 2.24) is 5.32 Å². The third kappa shape index (κ3) is 2.71. The molecule has 3 heteroatoms. The maximum Gasteiger partial charge on any atom is 0.231 e. The van der Waals surface area contributed by atoms with Crippen molar-refractivity contribution in [2.45, 2.75) is 51.5 Å². The Hall–Kier alpha value is -1.22. The van der Waals surface area contributed by atoms with E-state index in [-0.39, 0.29) is 0 Å². The summed E-state index contributed by atoms with van der Waals surface area (Å²) in [5.41, 5.74) is 2.82. The molecule has 2 heterocycles. The summed E-state index contributed by atoms with van der Waals surface area (Å²) in [5.74, 6) is 2.34. The summed E-state index contributed by atoms with van der Waals surface area (Å²) in [5, 5.41) is 3.63. The molecule has 19 heavy (non-hydrogen) atoms. The van der Waals surface area contributed by atoms with Crippen molar-refractivity contribution in [2.24, 2.45) is 0 Å². The zero-order valence-corrected chi connectivity index (χ0v) is 11.9. The van der Waals surface area contributed by atoms with Gasteiger partial charge in [0, 0.05) is 6.04 Å². The minimum atomic E-state index is 0.359. The number of ether oxygens (including phenoxy) is 2. The van der Waals surface area contributed by atoms with Gasteiger partial charge in [-0.15, -0.1) is 0 Å². The molecule has 1 N–H and O–H groups in total. The van der Waals surface area contributed by atoms with Crippen LogP contribution in [0.15, 0.2) is 12.1 Å². The van der Waals surface area contributed by atoms with Gasteiger partial charge >= 0.3 is 0 Å². The molecule has 1 aromatic carbocycles. The maximum atomic E-state index is 5.52. The van der Waals surface area contributed by atoms with Gasteiger partial charge in [0.05, 0.1) is 0 Å². The van der Waals surface area contributed by atoms with Crippen LogP contribution in [0.5, 0.6) is 11.5 Å². The van der Waals surface area contributed by atoms with Gasteiger partial charge in [0.25, 0.3) is 0 Å². The standard InChI is InChI=1S/C16H23NO2/c1-11(2)14-9-16-15(18-10-19-16)8-12(14)7-13-5-3-4-6-17-13/h8-9,11,13,17H,3-7,10H2,1-2H3. The van der Waals surface area contributed by atoms with Crippen molar-refractivity contribution in [3.8, 4) is 11.5 Å². The van der Waals surface area contributed by atoms with E-state index in [0.29, 0.717) is 18.8 Å². The van der Waals surface area contributed by atoms with Crippen LogP contribution in [-0.4, -0.2) is 19.4 Å². The van der Waals surface area contributed by atoms with Gasteiger partial charge in [-0.3, -0.25) is 0 Å². The average molecular weight is 261 g/mol. The van der Waals surface area contributed by atoms with Gasteiger partial charge in [-0.05, 0) is 55.0 Å². The van der Waals surface area contributed by atoms with Crippen LogP contribution in [0, 0.1) is 0 Å². The summed E-state index contributed by atoms with van der Waals surface area (Å²) in [6.07, 6.45) is 5.05. The molecule has 3 rings (SSSR count). The second-order valence-electron chi connectivity index (χ2n) is 5.91. The molecule has 0 aliphatic carbocycles. The van der Waals surface area contributed by atoms with Gasteiger partial charge in [-0.25, -0.2) is 0 Å². The molecule has 1 unspecified atom stereocenters. The van der Waals surface area contributed by atoms with Crippen molar-refractivity contribution in [1.29, 1.82) is 0 Å². The van der Waals surface area contributed by atoms with Gasteiger partial charge in [0.2, 0.25) is 6.79 Å². The fourth-order valence-electron chi connectivity index (χ4n) is 3.08. The van der Waals surface area contributed by atoms with Crippen LogP contribution in [-0.2, 0) is 6.42 Å². The molecule has 1 fully saturated rings. The van der Waals surface area contributed by atoms with Crippen LogP contribution in [0.3, 0.4) is 0 Å². The lowest BCUT2D eigenvalue weighted by molar-refractivity contribution is 0.174. The zero-order chi connectivity index (χ0) is 13.2. The Kier molecular flexibility index (Phi) is 3.65. The van der Waals surface area contributed by atoms with Gasteiger partial charge in [0.1, 0.15) is 0 Å². The molecule has 0 bridgehead atoms. The maximum absolute atomic E-state index is 5.52. The lowest BCUT2D eigenvalue weighted by atomic mass is 9.90. The molecule has 0 aromatic heterocycles. The molecular formula is C16H23NO2. The Balaban J connectivity index is 1.85. The highest BCUT2D eigenvalue weighted by molar-refractivity contribution is 5.50. The van der Waals surface area contributed by atoms with E-state index in [4.69, 9.17) is 9.47 Å². The van der Waals surface area contributed by atoms with E-state index >= 15 is 0 Å². The second-order valence-corrected chi connectivity index (χ2v) is 5.91. The number of hydrogen-bond donors (Lipinski definition) is 1. The molecule has 1 atom stereocenters. The van der Waals surface area contributed by atoms with Crippen LogP contribution in [0.1, 0.15) is 50.2 Å². The molecule has 1 aromatic rings. The molecule has 0 radical (unpaired) electrons. The Morgan fingerprint density at radius 3 is 2.68 bits per heavy atom. The van der Waals surface area contributed by atoms with E-state index in [0.717, 1.165) is 24.5 Å². The summed E-state index contributed by atoms with van der Waals surface area (Å²) in [7, 11) is 0. The van der Waals surface area contributed by atoms with E-state index in [1.54, 1.807) is 0 Å². The lowest BCUT2D eigenvalue weighted by Crippen LogP contribution is -2.35. The van der Waals surface area contributed by atoms with E-state index in [9.17, 15) is 0 Å². The van der Waals surface area contributed by atoms with Crippen molar-refractivity contribution in [3.05, 3.63) is 23.3 Å². The first-order valence-electron chi connectivity index (χ1n) is 7.40. The van der Waals surface area contributed by atoms with E-state index in [1.807, 2.05) is 0 Å². The van der Waals surface area contributed by atoms with Crippen LogP contribution >= 0.6 is 0 Å². The number of benzene rings is 1. The van der Waals surface area contributed by atoms with Gasteiger partial charge in [-0.1, -0.05) is 20.3 Å². The first-order chi connectivity index (χ1) is 9.24. The summed E-state index contributed by atoms with van der Waals surface area (Å²) >= 11 is 0. The molecule has 2 aliphatic heterocycles. The molecule has 3 nitrogen and oxygen atoms in total. The first-order valence-corrected chi connectivity index (χ1v) is 7.40. The smallest absolute Gasteiger partial charge is 0.231 e. The van der Waals surface area contributed by atoms with Crippen LogP contribution in [0.2, 0.25) is 0 Å². The molecule has 0 saturated carbocycles. The van der Waals surface area contributed by atoms with Crippen LogP contribution in [0.25, 0.3) is 0 Å². The summed E-state index contributed by atoms with van der Waals surface area (Å²) in [6.45, 7) is 6.01. The Morgan fingerprint density at radius 2 is 2.00 bits per heavy atom. The van der Waals surface area contributed by atoms with Crippen molar-refractivity contribution in [3.63, 3.8) is 0 Å². The third-order valence-electron chi connectivity index (χ3n) is 4.14. The largest absolute Gasteiger partial charge is 0.454 e. The highest BCUT2D eigenvalue weighted by Crippen LogP contribution is 2.37. The molecular weight excluding hydrogens is 238 g/mol. The van der Waals surface area contributed by atoms with Gasteiger partial charge in [-0.2, -0.15) is 0 Å². The number of hydrogen-bond acceptors (Lipinski definition) is 3. The van der Waals surface area contributed by atoms with E-state index in [1.165, 1.54) is 30.4 Å². The monoisotopic (exact) mass is 261 g/mol. The third-order valence-corrected chi connectivity index (χ3v) is 4.14. The minimum absolute atomic E-state index is 0.359. The van der Waals surface area contributed by atoms with Crippen molar-refractivity contribution >= 4 is 0 Å². The number of rotatable bonds is 3. The van der Waals surface area contributed by atoms with Crippen molar-refractivity contribution < 1.29 is 9.47 Å². The predicted octanol–water partition coefficient (Wildman–Crippen LogP) is 3.22. The predicted molar refractivity (Wildman–Crippen MR) is 76.0 cm³/mol. The van der Waals surface area contributed by atoms with E-state index < -0.39 is 0 Å². The number of fused-ring (bicyclic) bond motifs is 1.